The average molecular weight is 251 g/mol. The van der Waals surface area contributed by atoms with Crippen LogP contribution in [0.15, 0.2) is 66.0 Å². The maximum absolute atomic E-state index is 11.6. The van der Waals surface area contributed by atoms with Crippen LogP contribution in [-0.2, 0) is 0 Å². The molecule has 1 N–H and O–H groups in total. The molecule has 1 aromatic heterocycles. The molecule has 4 heteroatoms. The minimum absolute atomic E-state index is 0.258. The molecule has 0 saturated carbocycles. The number of hydrogen-bond acceptors (Lipinski definition) is 3. The summed E-state index contributed by atoms with van der Waals surface area (Å²) in [4.78, 5) is 15.4. The number of hydrazone groups is 1. The Hall–Kier alpha value is -2.75. The van der Waals surface area contributed by atoms with Gasteiger partial charge in [0.15, 0.2) is 0 Å². The first-order chi connectivity index (χ1) is 9.36. The summed E-state index contributed by atoms with van der Waals surface area (Å²) in [7, 11) is 0. The number of nitrogens with zero attached hydrogens (tertiary/aromatic N) is 2. The molecule has 0 fully saturated rings. The second-order valence-corrected chi connectivity index (χ2v) is 3.72. The van der Waals surface area contributed by atoms with E-state index in [0.717, 1.165) is 5.56 Å². The van der Waals surface area contributed by atoms with Gasteiger partial charge in [-0.25, -0.2) is 5.43 Å². The predicted octanol–water partition coefficient (Wildman–Crippen LogP) is 2.51. The molecule has 4 nitrogen and oxygen atoms in total. The van der Waals surface area contributed by atoms with Crippen molar-refractivity contribution in [1.82, 2.24) is 10.4 Å². The molecule has 1 amide bonds. The van der Waals surface area contributed by atoms with Crippen LogP contribution in [0, 0.1) is 0 Å². The van der Waals surface area contributed by atoms with Gasteiger partial charge in [0.05, 0.1) is 0 Å². The van der Waals surface area contributed by atoms with E-state index < -0.39 is 0 Å². The van der Waals surface area contributed by atoms with E-state index in [-0.39, 0.29) is 5.91 Å². The van der Waals surface area contributed by atoms with Crippen molar-refractivity contribution in [2.24, 2.45) is 5.10 Å². The summed E-state index contributed by atoms with van der Waals surface area (Å²) in [5, 5.41) is 3.83. The maximum Gasteiger partial charge on any atom is 0.271 e. The van der Waals surface area contributed by atoms with Crippen LogP contribution in [0.25, 0.3) is 6.08 Å². The molecule has 1 aromatic carbocycles. The summed E-state index contributed by atoms with van der Waals surface area (Å²) in [6, 6.07) is 13.1. The van der Waals surface area contributed by atoms with Gasteiger partial charge in [-0.3, -0.25) is 9.78 Å². The summed E-state index contributed by atoms with van der Waals surface area (Å²) in [6.45, 7) is 0. The number of carbonyl (C=O) groups excluding carboxylic acids is 1. The van der Waals surface area contributed by atoms with Crippen LogP contribution in [0.1, 0.15) is 15.9 Å². The van der Waals surface area contributed by atoms with Crippen LogP contribution < -0.4 is 5.43 Å². The lowest BCUT2D eigenvalue weighted by molar-refractivity contribution is 0.0955. The summed E-state index contributed by atoms with van der Waals surface area (Å²) < 4.78 is 0. The van der Waals surface area contributed by atoms with Crippen molar-refractivity contribution in [2.75, 3.05) is 0 Å². The van der Waals surface area contributed by atoms with Crippen molar-refractivity contribution < 1.29 is 4.79 Å². The van der Waals surface area contributed by atoms with E-state index in [1.165, 1.54) is 6.21 Å². The van der Waals surface area contributed by atoms with Crippen LogP contribution in [0.3, 0.4) is 0 Å². The highest BCUT2D eigenvalue weighted by Crippen LogP contribution is 1.99. The van der Waals surface area contributed by atoms with Gasteiger partial charge in [-0.05, 0) is 23.8 Å². The van der Waals surface area contributed by atoms with E-state index >= 15 is 0 Å². The summed E-state index contributed by atoms with van der Waals surface area (Å²) in [5.41, 5.74) is 4.04. The number of pyridine rings is 1. The van der Waals surface area contributed by atoms with Gasteiger partial charge in [-0.1, -0.05) is 36.4 Å². The number of allylic oxidation sites excluding steroid dienone is 1. The van der Waals surface area contributed by atoms with Gasteiger partial charge in [-0.2, -0.15) is 5.10 Å². The lowest BCUT2D eigenvalue weighted by atomic mass is 10.2. The standard InChI is InChI=1S/C15H13N3O/c19-15(14-8-11-16-12-9-14)18-17-10-4-7-13-5-2-1-3-6-13/h1-12H,(H,18,19)/b7-4-,17-10?. The summed E-state index contributed by atoms with van der Waals surface area (Å²) in [5.74, 6) is -0.258. The Kier molecular flexibility index (Phi) is 4.58. The zero-order chi connectivity index (χ0) is 13.3. The lowest BCUT2D eigenvalue weighted by Gasteiger charge is -1.97. The normalized spacial score (nSPS) is 10.9. The highest BCUT2D eigenvalue weighted by molar-refractivity contribution is 5.94. The van der Waals surface area contributed by atoms with E-state index in [9.17, 15) is 4.79 Å². The molecular weight excluding hydrogens is 238 g/mol. The fourth-order valence-electron chi connectivity index (χ4n) is 1.43. The van der Waals surface area contributed by atoms with Gasteiger partial charge >= 0.3 is 0 Å². The third kappa shape index (κ3) is 4.20. The largest absolute Gasteiger partial charge is 0.271 e. The van der Waals surface area contributed by atoms with Crippen LogP contribution in [-0.4, -0.2) is 17.1 Å². The number of hydrogen-bond donors (Lipinski definition) is 1. The minimum Gasteiger partial charge on any atom is -0.267 e. The number of aromatic nitrogens is 1. The van der Waals surface area contributed by atoms with Crippen LogP contribution in [0.2, 0.25) is 0 Å². The number of benzene rings is 1. The molecule has 0 aliphatic carbocycles. The Bertz CT molecular complexity index is 577. The van der Waals surface area contributed by atoms with E-state index in [1.54, 1.807) is 30.6 Å². The smallest absolute Gasteiger partial charge is 0.267 e. The molecule has 94 valence electrons. The average Bonchev–Trinajstić information content (AvgIpc) is 2.49. The molecular formula is C15H13N3O. The molecule has 2 aromatic rings. The molecule has 0 atom stereocenters. The first kappa shape index (κ1) is 12.7. The SMILES string of the molecule is O=C(NN=C/C=C\c1ccccc1)c1ccncc1. The molecule has 0 unspecified atom stereocenters. The Morgan fingerprint density at radius 1 is 1.11 bits per heavy atom. The number of nitrogens with one attached hydrogen (secondary N) is 1. The van der Waals surface area contributed by atoms with Crippen LogP contribution in [0.4, 0.5) is 0 Å². The predicted molar refractivity (Wildman–Crippen MR) is 75.7 cm³/mol. The van der Waals surface area contributed by atoms with E-state index in [1.807, 2.05) is 36.4 Å². The minimum atomic E-state index is -0.258. The second-order valence-electron chi connectivity index (χ2n) is 3.72. The molecule has 0 aliphatic heterocycles. The molecule has 0 radical (unpaired) electrons. The molecule has 0 spiro atoms. The van der Waals surface area contributed by atoms with Crippen molar-refractivity contribution in [3.63, 3.8) is 0 Å². The fraction of sp³-hybridized carbons (Fsp3) is 0. The quantitative estimate of drug-likeness (QED) is 0.670. The molecule has 1 heterocycles. The Morgan fingerprint density at radius 3 is 2.58 bits per heavy atom. The molecule has 0 saturated heterocycles. The Balaban J connectivity index is 1.84. The number of carbonyl (C=O) groups is 1. The Morgan fingerprint density at radius 2 is 1.84 bits per heavy atom. The third-order valence-electron chi connectivity index (χ3n) is 2.36. The highest BCUT2D eigenvalue weighted by atomic mass is 16.2. The van der Waals surface area contributed by atoms with E-state index in [4.69, 9.17) is 0 Å². The third-order valence-corrected chi connectivity index (χ3v) is 2.36. The zero-order valence-corrected chi connectivity index (χ0v) is 10.2. The fourth-order valence-corrected chi connectivity index (χ4v) is 1.43. The summed E-state index contributed by atoms with van der Waals surface area (Å²) >= 11 is 0. The van der Waals surface area contributed by atoms with Gasteiger partial charge < -0.3 is 0 Å². The highest BCUT2D eigenvalue weighted by Gasteiger charge is 2.01. The molecule has 0 aliphatic rings. The lowest BCUT2D eigenvalue weighted by Crippen LogP contribution is -2.17. The van der Waals surface area contributed by atoms with Crippen molar-refractivity contribution in [3.8, 4) is 0 Å². The molecule has 0 bridgehead atoms. The van der Waals surface area contributed by atoms with E-state index in [2.05, 4.69) is 15.5 Å². The first-order valence-corrected chi connectivity index (χ1v) is 5.81. The number of rotatable bonds is 4. The van der Waals surface area contributed by atoms with Crippen LogP contribution >= 0.6 is 0 Å². The molecule has 2 rings (SSSR count). The monoisotopic (exact) mass is 251 g/mol. The van der Waals surface area contributed by atoms with Gasteiger partial charge in [0.1, 0.15) is 0 Å². The second kappa shape index (κ2) is 6.86. The zero-order valence-electron chi connectivity index (χ0n) is 10.2. The Labute approximate surface area is 111 Å². The first-order valence-electron chi connectivity index (χ1n) is 5.81. The summed E-state index contributed by atoms with van der Waals surface area (Å²) in [6.07, 6.45) is 8.33. The van der Waals surface area contributed by atoms with Gasteiger partial charge in [-0.15, -0.1) is 0 Å². The van der Waals surface area contributed by atoms with Gasteiger partial charge in [0.2, 0.25) is 0 Å². The van der Waals surface area contributed by atoms with Crippen molar-refractivity contribution in [2.45, 2.75) is 0 Å². The van der Waals surface area contributed by atoms with Gasteiger partial charge in [0, 0.05) is 24.2 Å². The van der Waals surface area contributed by atoms with Crippen molar-refractivity contribution in [3.05, 3.63) is 72.1 Å². The maximum atomic E-state index is 11.6. The van der Waals surface area contributed by atoms with Crippen LogP contribution in [0.5, 0.6) is 0 Å². The van der Waals surface area contributed by atoms with Crippen molar-refractivity contribution in [1.29, 1.82) is 0 Å². The topological polar surface area (TPSA) is 54.4 Å². The van der Waals surface area contributed by atoms with E-state index in [0.29, 0.717) is 5.56 Å². The van der Waals surface area contributed by atoms with Crippen molar-refractivity contribution >= 4 is 18.2 Å². The molecule has 19 heavy (non-hydrogen) atoms. The van der Waals surface area contributed by atoms with Gasteiger partial charge in [0.25, 0.3) is 5.91 Å². The number of amides is 1.